The lowest BCUT2D eigenvalue weighted by molar-refractivity contribution is -0.144. The third kappa shape index (κ3) is 6.22. The molecular formula is C14H21N3O4. The molecule has 0 radical (unpaired) electrons. The van der Waals surface area contributed by atoms with Crippen LogP contribution < -0.4 is 5.32 Å². The van der Waals surface area contributed by atoms with Crippen molar-refractivity contribution in [3.8, 4) is 0 Å². The number of aromatic amines is 1. The van der Waals surface area contributed by atoms with Gasteiger partial charge in [-0.15, -0.1) is 0 Å². The predicted molar refractivity (Wildman–Crippen MR) is 76.6 cm³/mol. The fourth-order valence-corrected chi connectivity index (χ4v) is 1.83. The Morgan fingerprint density at radius 3 is 2.62 bits per heavy atom. The largest absolute Gasteiger partial charge is 0.465 e. The van der Waals surface area contributed by atoms with Crippen molar-refractivity contribution in [3.63, 3.8) is 0 Å². The molecule has 1 aromatic heterocycles. The van der Waals surface area contributed by atoms with E-state index in [1.807, 2.05) is 6.92 Å². The number of carbonyl (C=O) groups is 3. The van der Waals surface area contributed by atoms with Gasteiger partial charge in [-0.3, -0.25) is 24.6 Å². The first kappa shape index (κ1) is 16.9. The van der Waals surface area contributed by atoms with Gasteiger partial charge in [-0.1, -0.05) is 6.92 Å². The molecule has 7 nitrogen and oxygen atoms in total. The molecule has 1 rings (SSSR count). The number of hydrogen-bond donors (Lipinski definition) is 2. The molecule has 0 unspecified atom stereocenters. The minimum atomic E-state index is -0.488. The van der Waals surface area contributed by atoms with Crippen molar-refractivity contribution < 1.29 is 19.1 Å². The lowest BCUT2D eigenvalue weighted by Crippen LogP contribution is -2.42. The van der Waals surface area contributed by atoms with E-state index in [1.54, 1.807) is 30.2 Å². The van der Waals surface area contributed by atoms with Crippen molar-refractivity contribution in [2.45, 2.75) is 20.3 Å². The molecule has 0 saturated carbocycles. The molecule has 2 amide bonds. The molecule has 0 spiro atoms. The van der Waals surface area contributed by atoms with Crippen LogP contribution in [0, 0.1) is 0 Å². The summed E-state index contributed by atoms with van der Waals surface area (Å²) in [6, 6.07) is 3.24. The van der Waals surface area contributed by atoms with E-state index in [2.05, 4.69) is 10.3 Å². The molecule has 2 N–H and O–H groups in total. The maximum atomic E-state index is 11.8. The number of rotatable bonds is 8. The van der Waals surface area contributed by atoms with Gasteiger partial charge in [-0.25, -0.2) is 0 Å². The number of nitrogens with zero attached hydrogens (tertiary/aromatic N) is 1. The second-order valence-electron chi connectivity index (χ2n) is 4.48. The highest BCUT2D eigenvalue weighted by atomic mass is 16.5. The third-order valence-corrected chi connectivity index (χ3v) is 2.66. The van der Waals surface area contributed by atoms with Crippen molar-refractivity contribution in [1.29, 1.82) is 0 Å². The van der Waals surface area contributed by atoms with Crippen LogP contribution in [0.1, 0.15) is 30.8 Å². The zero-order valence-electron chi connectivity index (χ0n) is 12.3. The Hall–Kier alpha value is -2.15. The lowest BCUT2D eigenvalue weighted by atomic mass is 10.3. The van der Waals surface area contributed by atoms with Gasteiger partial charge in [0.2, 0.25) is 5.91 Å². The molecule has 0 fully saturated rings. The van der Waals surface area contributed by atoms with Gasteiger partial charge >= 0.3 is 5.97 Å². The van der Waals surface area contributed by atoms with Crippen molar-refractivity contribution in [3.05, 3.63) is 24.0 Å². The summed E-state index contributed by atoms with van der Waals surface area (Å²) in [5, 5.41) is 2.27. The fourth-order valence-electron chi connectivity index (χ4n) is 1.83. The topological polar surface area (TPSA) is 91.5 Å². The lowest BCUT2D eigenvalue weighted by Gasteiger charge is -2.19. The second kappa shape index (κ2) is 8.91. The smallest absolute Gasteiger partial charge is 0.320 e. The number of carbonyl (C=O) groups excluding carboxylic acids is 3. The van der Waals surface area contributed by atoms with Gasteiger partial charge in [0, 0.05) is 6.20 Å². The first-order valence-electron chi connectivity index (χ1n) is 6.92. The minimum absolute atomic E-state index is 0.0287. The van der Waals surface area contributed by atoms with Gasteiger partial charge in [0.15, 0.2) is 0 Å². The molecule has 0 aliphatic rings. The van der Waals surface area contributed by atoms with E-state index in [4.69, 9.17) is 4.74 Å². The van der Waals surface area contributed by atoms with E-state index in [0.717, 1.165) is 6.42 Å². The Balaban J connectivity index is 2.48. The van der Waals surface area contributed by atoms with Gasteiger partial charge in [-0.05, 0) is 32.0 Å². The molecule has 1 heterocycles. The summed E-state index contributed by atoms with van der Waals surface area (Å²) in [4.78, 5) is 39.4. The van der Waals surface area contributed by atoms with Crippen LogP contribution in [0.4, 0.5) is 0 Å². The zero-order valence-corrected chi connectivity index (χ0v) is 12.3. The highest BCUT2D eigenvalue weighted by Crippen LogP contribution is 1.96. The summed E-state index contributed by atoms with van der Waals surface area (Å²) < 4.78 is 4.86. The standard InChI is InChI=1S/C14H21N3O4/c1-3-8-17(10-13(19)21-4-2)9-12(18)16-14(20)11-6-5-7-15-11/h5-7,15H,3-4,8-10H2,1-2H3,(H,16,18,20). The van der Waals surface area contributed by atoms with Gasteiger partial charge in [-0.2, -0.15) is 0 Å². The summed E-state index contributed by atoms with van der Waals surface area (Å²) in [6.07, 6.45) is 2.39. The van der Waals surface area contributed by atoms with Crippen molar-refractivity contribution >= 4 is 17.8 Å². The fraction of sp³-hybridized carbons (Fsp3) is 0.500. The summed E-state index contributed by atoms with van der Waals surface area (Å²) in [5.41, 5.74) is 0.316. The summed E-state index contributed by atoms with van der Waals surface area (Å²) >= 11 is 0. The van der Waals surface area contributed by atoms with Crippen LogP contribution in [-0.2, 0) is 14.3 Å². The van der Waals surface area contributed by atoms with Crippen LogP contribution in [0.2, 0.25) is 0 Å². The molecule has 0 bridgehead atoms. The highest BCUT2D eigenvalue weighted by molar-refractivity contribution is 6.04. The minimum Gasteiger partial charge on any atom is -0.465 e. The number of H-pyrrole nitrogens is 1. The van der Waals surface area contributed by atoms with Crippen molar-refractivity contribution in [2.24, 2.45) is 0 Å². The molecule has 116 valence electrons. The third-order valence-electron chi connectivity index (χ3n) is 2.66. The molecule has 1 aromatic rings. The molecular weight excluding hydrogens is 274 g/mol. The normalized spacial score (nSPS) is 10.4. The van der Waals surface area contributed by atoms with Crippen LogP contribution in [0.25, 0.3) is 0 Å². The molecule has 7 heteroatoms. The molecule has 0 aliphatic carbocycles. The van der Waals surface area contributed by atoms with Gasteiger partial charge < -0.3 is 9.72 Å². The van der Waals surface area contributed by atoms with E-state index >= 15 is 0 Å². The van der Waals surface area contributed by atoms with Crippen LogP contribution >= 0.6 is 0 Å². The number of aromatic nitrogens is 1. The van der Waals surface area contributed by atoms with Crippen LogP contribution in [0.5, 0.6) is 0 Å². The van der Waals surface area contributed by atoms with Crippen LogP contribution in [0.3, 0.4) is 0 Å². The number of nitrogens with one attached hydrogen (secondary N) is 2. The Bertz CT molecular complexity index is 471. The van der Waals surface area contributed by atoms with Gasteiger partial charge in [0.1, 0.15) is 5.69 Å². The van der Waals surface area contributed by atoms with E-state index in [9.17, 15) is 14.4 Å². The zero-order chi connectivity index (χ0) is 15.7. The Kier molecular flexibility index (Phi) is 7.17. The predicted octanol–water partition coefficient (Wildman–Crippen LogP) is 0.546. The first-order chi connectivity index (χ1) is 10.1. The Morgan fingerprint density at radius 2 is 2.05 bits per heavy atom. The maximum absolute atomic E-state index is 11.8. The quantitative estimate of drug-likeness (QED) is 0.683. The van der Waals surface area contributed by atoms with Gasteiger partial charge in [0.25, 0.3) is 5.91 Å². The van der Waals surface area contributed by atoms with E-state index < -0.39 is 11.8 Å². The average Bonchev–Trinajstić information content (AvgIpc) is 2.92. The highest BCUT2D eigenvalue weighted by Gasteiger charge is 2.17. The SMILES string of the molecule is CCCN(CC(=O)NC(=O)c1ccc[nH]1)CC(=O)OCC. The van der Waals surface area contributed by atoms with Crippen molar-refractivity contribution in [1.82, 2.24) is 15.2 Å². The first-order valence-corrected chi connectivity index (χ1v) is 6.92. The molecule has 0 saturated heterocycles. The number of esters is 1. The van der Waals surface area contributed by atoms with Crippen LogP contribution in [-0.4, -0.2) is 53.9 Å². The van der Waals surface area contributed by atoms with Crippen LogP contribution in [0.15, 0.2) is 18.3 Å². The van der Waals surface area contributed by atoms with E-state index in [0.29, 0.717) is 18.8 Å². The second-order valence-corrected chi connectivity index (χ2v) is 4.48. The monoisotopic (exact) mass is 295 g/mol. The Morgan fingerprint density at radius 1 is 1.29 bits per heavy atom. The summed E-state index contributed by atoms with van der Waals surface area (Å²) in [7, 11) is 0. The molecule has 0 aromatic carbocycles. The average molecular weight is 295 g/mol. The van der Waals surface area contributed by atoms with Gasteiger partial charge in [0.05, 0.1) is 19.7 Å². The number of imide groups is 1. The molecule has 21 heavy (non-hydrogen) atoms. The van der Waals surface area contributed by atoms with E-state index in [1.165, 1.54) is 0 Å². The number of amides is 2. The number of ether oxygens (including phenoxy) is 1. The maximum Gasteiger partial charge on any atom is 0.320 e. The summed E-state index contributed by atoms with van der Waals surface area (Å²) in [5.74, 6) is -1.32. The Labute approximate surface area is 123 Å². The molecule has 0 aliphatic heterocycles. The van der Waals surface area contributed by atoms with Crippen molar-refractivity contribution in [2.75, 3.05) is 26.2 Å². The van der Waals surface area contributed by atoms with E-state index in [-0.39, 0.29) is 19.1 Å². The summed E-state index contributed by atoms with van der Waals surface area (Å²) in [6.45, 7) is 4.55. The molecule has 0 atom stereocenters. The number of hydrogen-bond acceptors (Lipinski definition) is 5.